The van der Waals surface area contributed by atoms with E-state index in [2.05, 4.69) is 34.0 Å². The molecule has 2 aromatic carbocycles. The van der Waals surface area contributed by atoms with Crippen LogP contribution in [0.5, 0.6) is 11.5 Å². The lowest BCUT2D eigenvalue weighted by Crippen LogP contribution is -2.33. The zero-order valence-corrected chi connectivity index (χ0v) is 18.3. The van der Waals surface area contributed by atoms with Crippen LogP contribution in [-0.2, 0) is 16.1 Å². The van der Waals surface area contributed by atoms with Crippen LogP contribution in [0.15, 0.2) is 42.5 Å². The van der Waals surface area contributed by atoms with Crippen molar-refractivity contribution in [1.29, 1.82) is 0 Å². The van der Waals surface area contributed by atoms with Crippen LogP contribution in [-0.4, -0.2) is 50.7 Å². The van der Waals surface area contributed by atoms with Gasteiger partial charge in [0.2, 0.25) is 0 Å². The monoisotopic (exact) mass is 426 g/mol. The number of carbonyl (C=O) groups is 2. The molecule has 1 aliphatic heterocycles. The topological polar surface area (TPSA) is 77.1 Å². The van der Waals surface area contributed by atoms with Gasteiger partial charge in [-0.1, -0.05) is 19.1 Å². The average molecular weight is 427 g/mol. The van der Waals surface area contributed by atoms with E-state index < -0.39 is 5.97 Å². The Balaban J connectivity index is 1.59. The minimum absolute atomic E-state index is 0.235. The smallest absolute Gasteiger partial charge is 0.343 e. The molecule has 1 N–H and O–H groups in total. The van der Waals surface area contributed by atoms with E-state index in [1.54, 1.807) is 18.2 Å². The van der Waals surface area contributed by atoms with Gasteiger partial charge in [0, 0.05) is 24.3 Å². The van der Waals surface area contributed by atoms with Crippen molar-refractivity contribution in [2.45, 2.75) is 26.3 Å². The van der Waals surface area contributed by atoms with Crippen molar-refractivity contribution in [2.75, 3.05) is 39.2 Å². The van der Waals surface area contributed by atoms with E-state index in [9.17, 15) is 9.59 Å². The highest BCUT2D eigenvalue weighted by atomic mass is 16.6. The molecule has 1 saturated heterocycles. The molecule has 31 heavy (non-hydrogen) atoms. The van der Waals surface area contributed by atoms with Crippen LogP contribution < -0.4 is 14.8 Å². The van der Waals surface area contributed by atoms with Crippen molar-refractivity contribution < 1.29 is 23.8 Å². The normalized spacial score (nSPS) is 16.4. The minimum atomic E-state index is -0.498. The Hall–Kier alpha value is -3.06. The van der Waals surface area contributed by atoms with E-state index >= 15 is 0 Å². The first-order chi connectivity index (χ1) is 15.0. The number of piperidine rings is 1. The SMILES string of the molecule is COC(=O)COc1ccc(C(=O)Nc2ccc(CN3CCCC(C)C3)cc2)cc1OC. The largest absolute Gasteiger partial charge is 0.493 e. The van der Waals surface area contributed by atoms with Crippen LogP contribution in [0, 0.1) is 5.92 Å². The molecular formula is C24H30N2O5. The van der Waals surface area contributed by atoms with Gasteiger partial charge in [-0.3, -0.25) is 9.69 Å². The first-order valence-electron chi connectivity index (χ1n) is 10.5. The minimum Gasteiger partial charge on any atom is -0.493 e. The average Bonchev–Trinajstić information content (AvgIpc) is 2.78. The number of hydrogen-bond donors (Lipinski definition) is 1. The molecule has 0 bridgehead atoms. The summed E-state index contributed by atoms with van der Waals surface area (Å²) in [7, 11) is 2.76. The van der Waals surface area contributed by atoms with Crippen molar-refractivity contribution >= 4 is 17.6 Å². The molecule has 166 valence electrons. The number of likely N-dealkylation sites (tertiary alicyclic amines) is 1. The fraction of sp³-hybridized carbons (Fsp3) is 0.417. The number of nitrogens with one attached hydrogen (secondary N) is 1. The Bertz CT molecular complexity index is 897. The molecule has 0 radical (unpaired) electrons. The summed E-state index contributed by atoms with van der Waals surface area (Å²) in [5.74, 6) is 0.725. The van der Waals surface area contributed by atoms with E-state index in [0.29, 0.717) is 17.1 Å². The molecule has 2 aromatic rings. The van der Waals surface area contributed by atoms with Gasteiger partial charge in [0.1, 0.15) is 0 Å². The maximum atomic E-state index is 12.7. The summed E-state index contributed by atoms with van der Waals surface area (Å²) in [6.07, 6.45) is 2.57. The van der Waals surface area contributed by atoms with Gasteiger partial charge in [-0.25, -0.2) is 4.79 Å². The molecule has 0 aliphatic carbocycles. The summed E-state index contributed by atoms with van der Waals surface area (Å²) in [6, 6.07) is 12.7. The first kappa shape index (κ1) is 22.6. The molecule has 0 aromatic heterocycles. The standard InChI is InChI=1S/C24H30N2O5/c1-17-5-4-12-26(14-17)15-18-6-9-20(10-7-18)25-24(28)19-8-11-21(22(13-19)29-2)31-16-23(27)30-3/h6-11,13,17H,4-5,12,14-16H2,1-3H3,(H,25,28). The number of rotatable bonds is 8. The molecule has 1 unspecified atom stereocenters. The third-order valence-corrected chi connectivity index (χ3v) is 5.36. The molecule has 0 saturated carbocycles. The van der Waals surface area contributed by atoms with Crippen molar-refractivity contribution in [3.63, 3.8) is 0 Å². The number of amides is 1. The van der Waals surface area contributed by atoms with E-state index in [0.717, 1.165) is 31.2 Å². The second-order valence-corrected chi connectivity index (χ2v) is 7.86. The highest BCUT2D eigenvalue weighted by Gasteiger charge is 2.16. The molecule has 1 heterocycles. The Kier molecular flexibility index (Phi) is 7.89. The van der Waals surface area contributed by atoms with Crippen LogP contribution in [0.1, 0.15) is 35.7 Å². The number of esters is 1. The lowest BCUT2D eigenvalue weighted by atomic mass is 10.00. The van der Waals surface area contributed by atoms with Crippen molar-refractivity contribution in [2.24, 2.45) is 5.92 Å². The van der Waals surface area contributed by atoms with Crippen LogP contribution in [0.2, 0.25) is 0 Å². The molecule has 3 rings (SSSR count). The molecule has 1 atom stereocenters. The predicted molar refractivity (Wildman–Crippen MR) is 119 cm³/mol. The van der Waals surface area contributed by atoms with E-state index in [1.807, 2.05) is 12.1 Å². The molecule has 7 nitrogen and oxygen atoms in total. The Morgan fingerprint density at radius 2 is 1.87 bits per heavy atom. The van der Waals surface area contributed by atoms with E-state index in [4.69, 9.17) is 9.47 Å². The highest BCUT2D eigenvalue weighted by Crippen LogP contribution is 2.28. The quantitative estimate of drug-likeness (QED) is 0.648. The van der Waals surface area contributed by atoms with Gasteiger partial charge in [0.05, 0.1) is 14.2 Å². The molecule has 7 heteroatoms. The molecule has 0 spiro atoms. The van der Waals surface area contributed by atoms with Crippen molar-refractivity contribution in [1.82, 2.24) is 4.90 Å². The second kappa shape index (κ2) is 10.8. The summed E-state index contributed by atoms with van der Waals surface area (Å²) in [4.78, 5) is 26.4. The number of nitrogens with zero attached hydrogens (tertiary/aromatic N) is 1. The maximum absolute atomic E-state index is 12.7. The maximum Gasteiger partial charge on any atom is 0.343 e. The third kappa shape index (κ3) is 6.46. The zero-order valence-electron chi connectivity index (χ0n) is 18.3. The van der Waals surface area contributed by atoms with Gasteiger partial charge < -0.3 is 19.5 Å². The first-order valence-corrected chi connectivity index (χ1v) is 10.5. The van der Waals surface area contributed by atoms with Crippen molar-refractivity contribution in [3.8, 4) is 11.5 Å². The van der Waals surface area contributed by atoms with Gasteiger partial charge in [-0.2, -0.15) is 0 Å². The van der Waals surface area contributed by atoms with Gasteiger partial charge in [-0.05, 0) is 61.2 Å². The molecule has 1 aliphatic rings. The molecule has 1 amide bonds. The van der Waals surface area contributed by atoms with Gasteiger partial charge in [-0.15, -0.1) is 0 Å². The van der Waals surface area contributed by atoms with Gasteiger partial charge in [0.25, 0.3) is 5.91 Å². The van der Waals surface area contributed by atoms with Crippen LogP contribution >= 0.6 is 0 Å². The van der Waals surface area contributed by atoms with Gasteiger partial charge in [0.15, 0.2) is 18.1 Å². The number of carbonyl (C=O) groups excluding carboxylic acids is 2. The Morgan fingerprint density at radius 3 is 2.55 bits per heavy atom. The second-order valence-electron chi connectivity index (χ2n) is 7.86. The number of hydrogen-bond acceptors (Lipinski definition) is 6. The summed E-state index contributed by atoms with van der Waals surface area (Å²) in [5, 5.41) is 2.90. The summed E-state index contributed by atoms with van der Waals surface area (Å²) >= 11 is 0. The third-order valence-electron chi connectivity index (χ3n) is 5.36. The lowest BCUT2D eigenvalue weighted by Gasteiger charge is -2.30. The predicted octanol–water partition coefficient (Wildman–Crippen LogP) is 3.73. The van der Waals surface area contributed by atoms with E-state index in [1.165, 1.54) is 32.6 Å². The van der Waals surface area contributed by atoms with Crippen molar-refractivity contribution in [3.05, 3.63) is 53.6 Å². The summed E-state index contributed by atoms with van der Waals surface area (Å²) in [5.41, 5.74) is 2.39. The zero-order chi connectivity index (χ0) is 22.2. The van der Waals surface area contributed by atoms with E-state index in [-0.39, 0.29) is 12.5 Å². The van der Waals surface area contributed by atoms with Gasteiger partial charge >= 0.3 is 5.97 Å². The van der Waals surface area contributed by atoms with Crippen LogP contribution in [0.25, 0.3) is 0 Å². The molecule has 1 fully saturated rings. The van der Waals surface area contributed by atoms with Crippen LogP contribution in [0.4, 0.5) is 5.69 Å². The summed E-state index contributed by atoms with van der Waals surface area (Å²) < 4.78 is 15.2. The summed E-state index contributed by atoms with van der Waals surface area (Å²) in [6.45, 7) is 5.28. The highest BCUT2D eigenvalue weighted by molar-refractivity contribution is 6.04. The lowest BCUT2D eigenvalue weighted by molar-refractivity contribution is -0.142. The number of benzene rings is 2. The fourth-order valence-electron chi connectivity index (χ4n) is 3.71. The number of ether oxygens (including phenoxy) is 3. The van der Waals surface area contributed by atoms with Crippen LogP contribution in [0.3, 0.4) is 0 Å². The number of methoxy groups -OCH3 is 2. The Labute approximate surface area is 183 Å². The molecular weight excluding hydrogens is 396 g/mol. The fourth-order valence-corrected chi connectivity index (χ4v) is 3.71. The number of anilines is 1. The Morgan fingerprint density at radius 1 is 1.10 bits per heavy atom.